The molecule has 1 aliphatic carbocycles. The molecule has 1 aromatic rings. The van der Waals surface area contributed by atoms with Crippen LogP contribution in [0.5, 0.6) is 0 Å². The van der Waals surface area contributed by atoms with E-state index in [2.05, 4.69) is 42.3 Å². The fourth-order valence-corrected chi connectivity index (χ4v) is 3.73. The van der Waals surface area contributed by atoms with Crippen LogP contribution in [0.1, 0.15) is 42.0 Å². The van der Waals surface area contributed by atoms with Crippen LogP contribution in [0.25, 0.3) is 0 Å². The summed E-state index contributed by atoms with van der Waals surface area (Å²) >= 11 is 0. The van der Waals surface area contributed by atoms with Crippen LogP contribution < -0.4 is 5.32 Å². The molecule has 1 saturated carbocycles. The lowest BCUT2D eigenvalue weighted by atomic mass is 9.74. The van der Waals surface area contributed by atoms with Gasteiger partial charge in [-0.1, -0.05) is 24.6 Å². The summed E-state index contributed by atoms with van der Waals surface area (Å²) < 4.78 is 0. The minimum Gasteiger partial charge on any atom is -0.314 e. The van der Waals surface area contributed by atoms with Gasteiger partial charge in [0, 0.05) is 32.2 Å². The second-order valence-electron chi connectivity index (χ2n) is 6.23. The molecule has 0 spiro atoms. The highest BCUT2D eigenvalue weighted by atomic mass is 35.5. The van der Waals surface area contributed by atoms with E-state index >= 15 is 0 Å². The predicted octanol–water partition coefficient (Wildman–Crippen LogP) is 3.89. The molecule has 1 atom stereocenters. The van der Waals surface area contributed by atoms with E-state index < -0.39 is 0 Å². The Morgan fingerprint density at radius 2 is 1.62 bits per heavy atom. The minimum absolute atomic E-state index is 0. The van der Waals surface area contributed by atoms with Crippen molar-refractivity contribution >= 4 is 24.8 Å². The zero-order valence-electron chi connectivity index (χ0n) is 13.1. The summed E-state index contributed by atoms with van der Waals surface area (Å²) in [4.78, 5) is 2.73. The van der Waals surface area contributed by atoms with Gasteiger partial charge in [-0.15, -0.1) is 24.8 Å². The van der Waals surface area contributed by atoms with Crippen LogP contribution in [0.2, 0.25) is 0 Å². The maximum atomic E-state index is 3.48. The smallest absolute Gasteiger partial charge is 0.0382 e. The monoisotopic (exact) mass is 330 g/mol. The van der Waals surface area contributed by atoms with Crippen LogP contribution >= 0.6 is 24.8 Å². The third-order valence-corrected chi connectivity index (χ3v) is 4.98. The van der Waals surface area contributed by atoms with Crippen LogP contribution in [-0.4, -0.2) is 31.1 Å². The van der Waals surface area contributed by atoms with Crippen LogP contribution in [-0.2, 0) is 0 Å². The standard InChI is InChI=1S/C17H26N2.2ClH/c1-13-5-3-6-14(2)16(13)17(15-7-4-8-15)19-11-9-18-10-12-19;;/h3,5-6,15,17-18H,4,7-12H2,1-2H3;2*1H/t17-;;/m0../s1. The Bertz CT molecular complexity index is 420. The fraction of sp³-hybridized carbons (Fsp3) is 0.647. The van der Waals surface area contributed by atoms with E-state index in [-0.39, 0.29) is 24.8 Å². The first-order chi connectivity index (χ1) is 9.27. The average molecular weight is 331 g/mol. The summed E-state index contributed by atoms with van der Waals surface area (Å²) in [6.07, 6.45) is 4.27. The number of piperazine rings is 1. The van der Waals surface area contributed by atoms with Crippen molar-refractivity contribution in [2.45, 2.75) is 39.2 Å². The molecule has 1 N–H and O–H groups in total. The number of nitrogens with one attached hydrogen (secondary N) is 1. The Kier molecular flexibility index (Phi) is 7.49. The van der Waals surface area contributed by atoms with Gasteiger partial charge in [-0.05, 0) is 49.3 Å². The van der Waals surface area contributed by atoms with Gasteiger partial charge in [0.1, 0.15) is 0 Å². The Hall–Kier alpha value is -0.280. The van der Waals surface area contributed by atoms with E-state index in [0.29, 0.717) is 6.04 Å². The van der Waals surface area contributed by atoms with E-state index in [1.807, 2.05) is 0 Å². The molecule has 1 heterocycles. The Labute approximate surface area is 141 Å². The number of halogens is 2. The third kappa shape index (κ3) is 3.92. The van der Waals surface area contributed by atoms with E-state index in [9.17, 15) is 0 Å². The topological polar surface area (TPSA) is 15.3 Å². The summed E-state index contributed by atoms with van der Waals surface area (Å²) in [5, 5.41) is 3.48. The molecule has 0 aromatic heterocycles. The van der Waals surface area contributed by atoms with Crippen molar-refractivity contribution in [1.29, 1.82) is 0 Å². The Balaban J connectivity index is 0.00000110. The van der Waals surface area contributed by atoms with E-state index in [1.165, 1.54) is 43.5 Å². The van der Waals surface area contributed by atoms with Gasteiger partial charge < -0.3 is 5.32 Å². The van der Waals surface area contributed by atoms with Crippen molar-refractivity contribution in [3.05, 3.63) is 34.9 Å². The molecule has 3 rings (SSSR count). The second kappa shape index (κ2) is 8.38. The Morgan fingerprint density at radius 3 is 2.10 bits per heavy atom. The molecule has 0 unspecified atom stereocenters. The molecule has 0 amide bonds. The van der Waals surface area contributed by atoms with Crippen LogP contribution in [0, 0.1) is 19.8 Å². The molecule has 2 aliphatic rings. The molecule has 1 saturated heterocycles. The van der Waals surface area contributed by atoms with Gasteiger partial charge in [0.05, 0.1) is 0 Å². The maximum Gasteiger partial charge on any atom is 0.0382 e. The summed E-state index contributed by atoms with van der Waals surface area (Å²) in [7, 11) is 0. The molecule has 0 bridgehead atoms. The number of nitrogens with zero attached hydrogens (tertiary/aromatic N) is 1. The second-order valence-corrected chi connectivity index (χ2v) is 6.23. The van der Waals surface area contributed by atoms with Crippen molar-refractivity contribution in [2.24, 2.45) is 5.92 Å². The van der Waals surface area contributed by atoms with Crippen molar-refractivity contribution in [2.75, 3.05) is 26.2 Å². The number of aryl methyl sites for hydroxylation is 2. The highest BCUT2D eigenvalue weighted by Gasteiger charge is 2.34. The third-order valence-electron chi connectivity index (χ3n) is 4.98. The van der Waals surface area contributed by atoms with Gasteiger partial charge in [0.25, 0.3) is 0 Å². The molecular weight excluding hydrogens is 303 g/mol. The lowest BCUT2D eigenvalue weighted by Gasteiger charge is -2.44. The van der Waals surface area contributed by atoms with Crippen molar-refractivity contribution in [3.63, 3.8) is 0 Å². The molecule has 21 heavy (non-hydrogen) atoms. The van der Waals surface area contributed by atoms with Gasteiger partial charge in [-0.2, -0.15) is 0 Å². The zero-order chi connectivity index (χ0) is 13.2. The van der Waals surface area contributed by atoms with Gasteiger partial charge in [-0.3, -0.25) is 4.90 Å². The van der Waals surface area contributed by atoms with Gasteiger partial charge in [0.2, 0.25) is 0 Å². The van der Waals surface area contributed by atoms with Crippen molar-refractivity contribution < 1.29 is 0 Å². The van der Waals surface area contributed by atoms with Gasteiger partial charge in [0.15, 0.2) is 0 Å². The van der Waals surface area contributed by atoms with Crippen molar-refractivity contribution in [1.82, 2.24) is 10.2 Å². The molecule has 120 valence electrons. The SMILES string of the molecule is Cc1cccc(C)c1[C@H](C1CCC1)N1CCNCC1.Cl.Cl. The van der Waals surface area contributed by atoms with Crippen LogP contribution in [0.15, 0.2) is 18.2 Å². The summed E-state index contributed by atoms with van der Waals surface area (Å²) in [5.74, 6) is 0.887. The number of rotatable bonds is 3. The molecule has 2 nitrogen and oxygen atoms in total. The number of hydrogen-bond donors (Lipinski definition) is 1. The first-order valence-corrected chi connectivity index (χ1v) is 7.78. The zero-order valence-corrected chi connectivity index (χ0v) is 14.7. The maximum absolute atomic E-state index is 3.48. The first kappa shape index (κ1) is 18.8. The summed E-state index contributed by atoms with van der Waals surface area (Å²) in [6.45, 7) is 9.28. The molecule has 4 heteroatoms. The van der Waals surface area contributed by atoms with E-state index in [4.69, 9.17) is 0 Å². The number of hydrogen-bond acceptors (Lipinski definition) is 2. The number of benzene rings is 1. The normalized spacial score (nSPS) is 20.9. The summed E-state index contributed by atoms with van der Waals surface area (Å²) in [6, 6.07) is 7.44. The minimum atomic E-state index is 0. The van der Waals surface area contributed by atoms with Crippen LogP contribution in [0.4, 0.5) is 0 Å². The lowest BCUT2D eigenvalue weighted by Crippen LogP contribution is -2.48. The van der Waals surface area contributed by atoms with E-state index in [0.717, 1.165) is 19.0 Å². The molecule has 0 radical (unpaired) electrons. The highest BCUT2D eigenvalue weighted by Crippen LogP contribution is 2.43. The molecule has 1 aliphatic heterocycles. The fourth-order valence-electron chi connectivity index (χ4n) is 3.73. The first-order valence-electron chi connectivity index (χ1n) is 7.78. The summed E-state index contributed by atoms with van der Waals surface area (Å²) in [5.41, 5.74) is 4.58. The largest absolute Gasteiger partial charge is 0.314 e. The molecule has 1 aromatic carbocycles. The van der Waals surface area contributed by atoms with E-state index in [1.54, 1.807) is 5.56 Å². The van der Waals surface area contributed by atoms with Gasteiger partial charge in [-0.25, -0.2) is 0 Å². The van der Waals surface area contributed by atoms with Crippen LogP contribution in [0.3, 0.4) is 0 Å². The quantitative estimate of drug-likeness (QED) is 0.904. The highest BCUT2D eigenvalue weighted by molar-refractivity contribution is 5.85. The average Bonchev–Trinajstić information content (AvgIpc) is 2.36. The predicted molar refractivity (Wildman–Crippen MR) is 94.9 cm³/mol. The lowest BCUT2D eigenvalue weighted by molar-refractivity contribution is 0.0828. The van der Waals surface area contributed by atoms with Gasteiger partial charge >= 0.3 is 0 Å². The molecular formula is C17H28Cl2N2. The van der Waals surface area contributed by atoms with Crippen molar-refractivity contribution in [3.8, 4) is 0 Å². The molecule has 2 fully saturated rings. The Morgan fingerprint density at radius 1 is 1.05 bits per heavy atom.